The second-order valence-electron chi connectivity index (χ2n) is 3.81. The van der Waals surface area contributed by atoms with Crippen molar-refractivity contribution < 1.29 is 13.5 Å². The number of aromatic nitrogens is 1. The van der Waals surface area contributed by atoms with E-state index in [4.69, 9.17) is 11.6 Å². The van der Waals surface area contributed by atoms with Crippen LogP contribution in [0.1, 0.15) is 10.4 Å². The van der Waals surface area contributed by atoms with Gasteiger partial charge in [-0.2, -0.15) is 8.78 Å². The Morgan fingerprint density at radius 2 is 2.26 bits per heavy atom. The smallest absolute Gasteiger partial charge is 0.387 e. The molecule has 2 aromatic rings. The predicted octanol–water partition coefficient (Wildman–Crippen LogP) is 4.32. The maximum Gasteiger partial charge on any atom is 0.387 e. The van der Waals surface area contributed by atoms with E-state index in [9.17, 15) is 8.78 Å². The van der Waals surface area contributed by atoms with Crippen molar-refractivity contribution in [2.45, 2.75) is 20.1 Å². The number of alkyl halides is 2. The van der Waals surface area contributed by atoms with E-state index in [-0.39, 0.29) is 5.75 Å². The van der Waals surface area contributed by atoms with Crippen molar-refractivity contribution in [2.75, 3.05) is 5.32 Å². The molecule has 1 heterocycles. The Bertz CT molecular complexity index is 562. The second-order valence-corrected chi connectivity index (χ2v) is 5.51. The number of hydrogen-bond acceptors (Lipinski definition) is 4. The van der Waals surface area contributed by atoms with Crippen LogP contribution in [0.5, 0.6) is 5.75 Å². The molecule has 0 aliphatic carbocycles. The summed E-state index contributed by atoms with van der Waals surface area (Å²) >= 11 is 7.06. The summed E-state index contributed by atoms with van der Waals surface area (Å²) in [6.45, 7) is -0.518. The molecule has 2 rings (SSSR count). The minimum absolute atomic E-state index is 0.121. The average Bonchev–Trinajstić information content (AvgIpc) is 2.75. The van der Waals surface area contributed by atoms with Crippen LogP contribution in [0, 0.1) is 6.92 Å². The standard InChI is InChI=1S/C12H11ClF2N2OS/c1-7-2-3-10(18-12(14)15)9(4-7)16-5-8-6-17-11(13)19-8/h2-4,6,12,16H,5H2,1H3. The highest BCUT2D eigenvalue weighted by atomic mass is 35.5. The molecule has 0 aliphatic rings. The predicted molar refractivity (Wildman–Crippen MR) is 72.3 cm³/mol. The van der Waals surface area contributed by atoms with Gasteiger partial charge < -0.3 is 10.1 Å². The lowest BCUT2D eigenvalue weighted by molar-refractivity contribution is -0.0493. The first-order valence-electron chi connectivity index (χ1n) is 5.44. The maximum absolute atomic E-state index is 12.3. The number of thiazole rings is 1. The summed E-state index contributed by atoms with van der Waals surface area (Å²) in [6, 6.07) is 4.98. The van der Waals surface area contributed by atoms with Gasteiger partial charge in [0.05, 0.1) is 12.2 Å². The molecule has 102 valence electrons. The highest BCUT2D eigenvalue weighted by molar-refractivity contribution is 7.15. The number of hydrogen-bond donors (Lipinski definition) is 1. The van der Waals surface area contributed by atoms with E-state index >= 15 is 0 Å². The summed E-state index contributed by atoms with van der Waals surface area (Å²) in [6.07, 6.45) is 1.64. The zero-order valence-corrected chi connectivity index (χ0v) is 11.6. The van der Waals surface area contributed by atoms with E-state index in [2.05, 4.69) is 15.0 Å². The lowest BCUT2D eigenvalue weighted by Gasteiger charge is -2.12. The van der Waals surface area contributed by atoms with Gasteiger partial charge in [-0.1, -0.05) is 17.7 Å². The quantitative estimate of drug-likeness (QED) is 0.893. The molecule has 0 saturated carbocycles. The first-order chi connectivity index (χ1) is 9.04. The molecule has 0 atom stereocenters. The topological polar surface area (TPSA) is 34.1 Å². The zero-order valence-electron chi connectivity index (χ0n) is 9.99. The summed E-state index contributed by atoms with van der Waals surface area (Å²) in [5, 5.41) is 3.04. The number of benzene rings is 1. The molecular weight excluding hydrogens is 294 g/mol. The summed E-state index contributed by atoms with van der Waals surface area (Å²) in [5.41, 5.74) is 1.47. The third-order valence-corrected chi connectivity index (χ3v) is 3.44. The number of rotatable bonds is 5. The third kappa shape index (κ3) is 4.04. The van der Waals surface area contributed by atoms with Gasteiger partial charge in [-0.15, -0.1) is 11.3 Å². The number of anilines is 1. The Balaban J connectivity index is 2.11. The van der Waals surface area contributed by atoms with Crippen LogP contribution >= 0.6 is 22.9 Å². The van der Waals surface area contributed by atoms with E-state index in [0.29, 0.717) is 16.7 Å². The molecule has 3 nitrogen and oxygen atoms in total. The fourth-order valence-corrected chi connectivity index (χ4v) is 2.45. The minimum atomic E-state index is -2.85. The first kappa shape index (κ1) is 14.0. The van der Waals surface area contributed by atoms with Crippen LogP contribution in [0.25, 0.3) is 0 Å². The van der Waals surface area contributed by atoms with Gasteiger partial charge in [-0.05, 0) is 24.6 Å². The normalized spacial score (nSPS) is 10.8. The Labute approximate surface area is 118 Å². The van der Waals surface area contributed by atoms with Gasteiger partial charge in [0.15, 0.2) is 4.47 Å². The van der Waals surface area contributed by atoms with E-state index in [1.807, 2.05) is 6.92 Å². The molecule has 0 fully saturated rings. The summed E-state index contributed by atoms with van der Waals surface area (Å²) in [4.78, 5) is 4.82. The molecule has 0 saturated heterocycles. The van der Waals surface area contributed by atoms with Crippen molar-refractivity contribution >= 4 is 28.6 Å². The van der Waals surface area contributed by atoms with Gasteiger partial charge in [0.1, 0.15) is 5.75 Å². The first-order valence-corrected chi connectivity index (χ1v) is 6.63. The second kappa shape index (κ2) is 6.16. The molecule has 1 aromatic heterocycles. The molecule has 0 bridgehead atoms. The number of aryl methyl sites for hydroxylation is 1. The van der Waals surface area contributed by atoms with Crippen LogP contribution in [0.3, 0.4) is 0 Å². The zero-order chi connectivity index (χ0) is 13.8. The largest absolute Gasteiger partial charge is 0.433 e. The molecular formula is C12H11ClF2N2OS. The number of nitrogens with zero attached hydrogens (tertiary/aromatic N) is 1. The molecule has 0 aliphatic heterocycles. The van der Waals surface area contributed by atoms with E-state index in [0.717, 1.165) is 10.4 Å². The lowest BCUT2D eigenvalue weighted by Crippen LogP contribution is -2.06. The van der Waals surface area contributed by atoms with Crippen LogP contribution in [0.15, 0.2) is 24.4 Å². The highest BCUT2D eigenvalue weighted by Gasteiger charge is 2.10. The SMILES string of the molecule is Cc1ccc(OC(F)F)c(NCc2cnc(Cl)s2)c1. The van der Waals surface area contributed by atoms with Crippen molar-refractivity contribution in [1.29, 1.82) is 0 Å². The Kier molecular flexibility index (Phi) is 4.55. The van der Waals surface area contributed by atoms with Gasteiger partial charge in [0.25, 0.3) is 0 Å². The Morgan fingerprint density at radius 1 is 1.47 bits per heavy atom. The van der Waals surface area contributed by atoms with Crippen molar-refractivity contribution in [1.82, 2.24) is 4.98 Å². The van der Waals surface area contributed by atoms with E-state index in [1.54, 1.807) is 18.3 Å². The van der Waals surface area contributed by atoms with Gasteiger partial charge >= 0.3 is 6.61 Å². The number of halogens is 3. The average molecular weight is 305 g/mol. The maximum atomic E-state index is 12.3. The highest BCUT2D eigenvalue weighted by Crippen LogP contribution is 2.28. The van der Waals surface area contributed by atoms with Crippen LogP contribution in [-0.2, 0) is 6.54 Å². The van der Waals surface area contributed by atoms with Crippen LogP contribution < -0.4 is 10.1 Å². The van der Waals surface area contributed by atoms with Crippen LogP contribution in [0.2, 0.25) is 4.47 Å². The van der Waals surface area contributed by atoms with E-state index in [1.165, 1.54) is 17.4 Å². The van der Waals surface area contributed by atoms with Crippen molar-refractivity contribution in [2.24, 2.45) is 0 Å². The molecule has 19 heavy (non-hydrogen) atoms. The molecule has 1 N–H and O–H groups in total. The molecule has 0 amide bonds. The van der Waals surface area contributed by atoms with Crippen molar-refractivity contribution in [3.63, 3.8) is 0 Å². The van der Waals surface area contributed by atoms with Gasteiger partial charge in [0, 0.05) is 11.1 Å². The Hall–Kier alpha value is -1.40. The van der Waals surface area contributed by atoms with Crippen LogP contribution in [0.4, 0.5) is 14.5 Å². The lowest BCUT2D eigenvalue weighted by atomic mass is 10.2. The van der Waals surface area contributed by atoms with Gasteiger partial charge in [-0.3, -0.25) is 0 Å². The van der Waals surface area contributed by atoms with Gasteiger partial charge in [-0.25, -0.2) is 4.98 Å². The molecule has 0 unspecified atom stereocenters. The fourth-order valence-electron chi connectivity index (χ4n) is 1.53. The molecule has 0 radical (unpaired) electrons. The summed E-state index contributed by atoms with van der Waals surface area (Å²) in [5.74, 6) is 0.121. The van der Waals surface area contributed by atoms with Crippen molar-refractivity contribution in [3.05, 3.63) is 39.3 Å². The number of ether oxygens (including phenoxy) is 1. The minimum Gasteiger partial charge on any atom is -0.433 e. The van der Waals surface area contributed by atoms with E-state index < -0.39 is 6.61 Å². The van der Waals surface area contributed by atoms with Gasteiger partial charge in [0.2, 0.25) is 0 Å². The fraction of sp³-hybridized carbons (Fsp3) is 0.250. The molecule has 7 heteroatoms. The summed E-state index contributed by atoms with van der Waals surface area (Å²) < 4.78 is 29.5. The summed E-state index contributed by atoms with van der Waals surface area (Å²) in [7, 11) is 0. The molecule has 0 spiro atoms. The third-order valence-electron chi connectivity index (χ3n) is 2.33. The van der Waals surface area contributed by atoms with Crippen molar-refractivity contribution in [3.8, 4) is 5.75 Å². The van der Waals surface area contributed by atoms with Crippen LogP contribution in [-0.4, -0.2) is 11.6 Å². The molecule has 1 aromatic carbocycles. The Morgan fingerprint density at radius 3 is 2.89 bits per heavy atom. The monoisotopic (exact) mass is 304 g/mol. The number of nitrogens with one attached hydrogen (secondary N) is 1.